The van der Waals surface area contributed by atoms with Gasteiger partial charge < -0.3 is 19.1 Å². The molecule has 1 fully saturated rings. The van der Waals surface area contributed by atoms with E-state index in [1.807, 2.05) is 19.3 Å². The highest BCUT2D eigenvalue weighted by Gasteiger charge is 2.18. The molecular formula is C16H29N3O3. The highest BCUT2D eigenvalue weighted by Crippen LogP contribution is 2.07. The molecule has 1 atom stereocenters. The zero-order chi connectivity index (χ0) is 15.8. The molecule has 0 saturated carbocycles. The van der Waals surface area contributed by atoms with Crippen LogP contribution in [0.15, 0.2) is 18.3 Å². The van der Waals surface area contributed by atoms with Gasteiger partial charge in [-0.05, 0) is 12.1 Å². The van der Waals surface area contributed by atoms with E-state index in [0.717, 1.165) is 39.4 Å². The highest BCUT2D eigenvalue weighted by atomic mass is 16.5. The molecule has 1 saturated heterocycles. The maximum Gasteiger partial charge on any atom is 0.0793 e. The molecule has 1 unspecified atom stereocenters. The van der Waals surface area contributed by atoms with Gasteiger partial charge in [-0.25, -0.2) is 0 Å². The number of aromatic nitrogens is 1. The Morgan fingerprint density at radius 2 is 2.18 bits per heavy atom. The lowest BCUT2D eigenvalue weighted by atomic mass is 10.2. The normalized spacial score (nSPS) is 18.0. The Morgan fingerprint density at radius 3 is 2.82 bits per heavy atom. The van der Waals surface area contributed by atoms with Gasteiger partial charge in [0.1, 0.15) is 0 Å². The minimum atomic E-state index is -0.352. The number of ether oxygens (including phenoxy) is 2. The maximum atomic E-state index is 10.4. The fourth-order valence-corrected chi connectivity index (χ4v) is 2.78. The van der Waals surface area contributed by atoms with E-state index >= 15 is 0 Å². The van der Waals surface area contributed by atoms with E-state index in [1.54, 1.807) is 7.11 Å². The first-order chi connectivity index (χ1) is 10.7. The van der Waals surface area contributed by atoms with Gasteiger partial charge in [0.05, 0.1) is 25.9 Å². The summed E-state index contributed by atoms with van der Waals surface area (Å²) in [4.78, 5) is 4.52. The molecule has 1 N–H and O–H groups in total. The zero-order valence-electron chi connectivity index (χ0n) is 13.8. The van der Waals surface area contributed by atoms with Crippen LogP contribution in [0.2, 0.25) is 0 Å². The van der Waals surface area contributed by atoms with Gasteiger partial charge in [0.25, 0.3) is 0 Å². The molecule has 0 amide bonds. The monoisotopic (exact) mass is 311 g/mol. The van der Waals surface area contributed by atoms with Crippen LogP contribution in [0.4, 0.5) is 0 Å². The number of aryl methyl sites for hydroxylation is 1. The molecule has 0 bridgehead atoms. The van der Waals surface area contributed by atoms with Crippen molar-refractivity contribution in [3.63, 3.8) is 0 Å². The number of methoxy groups -OCH3 is 1. The number of aliphatic hydroxyl groups is 1. The lowest BCUT2D eigenvalue weighted by Gasteiger charge is -2.31. The summed E-state index contributed by atoms with van der Waals surface area (Å²) in [6, 6.07) is 4.17. The number of hydrogen-bond acceptors (Lipinski definition) is 5. The SMILES string of the molecule is COCCN(Cc1cccn1C)CC(O)CN1CCOCC1. The van der Waals surface area contributed by atoms with Gasteiger partial charge in [-0.15, -0.1) is 0 Å². The number of rotatable bonds is 9. The topological polar surface area (TPSA) is 50.1 Å². The van der Waals surface area contributed by atoms with Crippen molar-refractivity contribution in [1.29, 1.82) is 0 Å². The highest BCUT2D eigenvalue weighted by molar-refractivity contribution is 5.06. The van der Waals surface area contributed by atoms with Crippen LogP contribution in [0.3, 0.4) is 0 Å². The molecule has 0 aromatic carbocycles. The Bertz CT molecular complexity index is 419. The third-order valence-electron chi connectivity index (χ3n) is 4.09. The van der Waals surface area contributed by atoms with Crippen LogP contribution in [-0.2, 0) is 23.1 Å². The van der Waals surface area contributed by atoms with E-state index in [4.69, 9.17) is 9.47 Å². The Labute approximate surface area is 133 Å². The standard InChI is InChI=1S/C16H29N3O3/c1-17-5-3-4-15(17)12-19(6-9-21-2)14-16(20)13-18-7-10-22-11-8-18/h3-5,16,20H,6-14H2,1-2H3. The summed E-state index contributed by atoms with van der Waals surface area (Å²) in [6.45, 7) is 7.04. The molecule has 2 heterocycles. The average Bonchev–Trinajstić information content (AvgIpc) is 2.91. The predicted molar refractivity (Wildman–Crippen MR) is 85.8 cm³/mol. The van der Waals surface area contributed by atoms with Crippen molar-refractivity contribution in [1.82, 2.24) is 14.4 Å². The lowest BCUT2D eigenvalue weighted by molar-refractivity contribution is 0.00420. The van der Waals surface area contributed by atoms with Crippen LogP contribution in [0, 0.1) is 0 Å². The summed E-state index contributed by atoms with van der Waals surface area (Å²) in [5.74, 6) is 0. The predicted octanol–water partition coefficient (Wildman–Crippen LogP) is 0.167. The van der Waals surface area contributed by atoms with Gasteiger partial charge in [-0.2, -0.15) is 0 Å². The Hall–Kier alpha value is -0.920. The first-order valence-corrected chi connectivity index (χ1v) is 7.98. The van der Waals surface area contributed by atoms with E-state index in [9.17, 15) is 5.11 Å². The minimum Gasteiger partial charge on any atom is -0.390 e. The lowest BCUT2D eigenvalue weighted by Crippen LogP contribution is -2.45. The van der Waals surface area contributed by atoms with E-state index in [-0.39, 0.29) is 6.10 Å². The van der Waals surface area contributed by atoms with Gasteiger partial charge in [-0.3, -0.25) is 9.80 Å². The molecule has 6 nitrogen and oxygen atoms in total. The van der Waals surface area contributed by atoms with Crippen LogP contribution in [0.25, 0.3) is 0 Å². The van der Waals surface area contributed by atoms with Crippen molar-refractivity contribution in [3.8, 4) is 0 Å². The van der Waals surface area contributed by atoms with Gasteiger partial charge in [0, 0.05) is 65.3 Å². The Morgan fingerprint density at radius 1 is 1.41 bits per heavy atom. The summed E-state index contributed by atoms with van der Waals surface area (Å²) >= 11 is 0. The largest absolute Gasteiger partial charge is 0.390 e. The van der Waals surface area contributed by atoms with Crippen molar-refractivity contribution in [2.24, 2.45) is 7.05 Å². The zero-order valence-corrected chi connectivity index (χ0v) is 13.8. The fourth-order valence-electron chi connectivity index (χ4n) is 2.78. The van der Waals surface area contributed by atoms with Gasteiger partial charge >= 0.3 is 0 Å². The van der Waals surface area contributed by atoms with Crippen LogP contribution < -0.4 is 0 Å². The third-order valence-corrected chi connectivity index (χ3v) is 4.09. The van der Waals surface area contributed by atoms with Crippen molar-refractivity contribution < 1.29 is 14.6 Å². The van der Waals surface area contributed by atoms with Gasteiger partial charge in [0.2, 0.25) is 0 Å². The van der Waals surface area contributed by atoms with Crippen molar-refractivity contribution in [2.45, 2.75) is 12.6 Å². The first kappa shape index (κ1) is 17.4. The van der Waals surface area contributed by atoms with Crippen molar-refractivity contribution in [2.75, 3.05) is 59.7 Å². The average molecular weight is 311 g/mol. The summed E-state index contributed by atoms with van der Waals surface area (Å²) in [6.07, 6.45) is 1.70. The molecule has 22 heavy (non-hydrogen) atoms. The van der Waals surface area contributed by atoms with E-state index in [1.165, 1.54) is 5.69 Å². The van der Waals surface area contributed by atoms with Crippen LogP contribution in [0.1, 0.15) is 5.69 Å². The molecule has 0 aliphatic carbocycles. The Balaban J connectivity index is 1.83. The molecular weight excluding hydrogens is 282 g/mol. The molecule has 2 rings (SSSR count). The van der Waals surface area contributed by atoms with Crippen LogP contribution in [-0.4, -0.2) is 85.2 Å². The molecule has 126 valence electrons. The molecule has 0 spiro atoms. The summed E-state index contributed by atoms with van der Waals surface area (Å²) in [5.41, 5.74) is 1.25. The van der Waals surface area contributed by atoms with E-state index in [2.05, 4.69) is 20.4 Å². The second kappa shape index (κ2) is 9.27. The molecule has 1 aliphatic heterocycles. The Kier molecular flexibility index (Phi) is 7.35. The number of morpholine rings is 1. The maximum absolute atomic E-state index is 10.4. The van der Waals surface area contributed by atoms with Gasteiger partial charge in [0.15, 0.2) is 0 Å². The number of hydrogen-bond donors (Lipinski definition) is 1. The molecule has 1 aromatic rings. The number of nitrogens with zero attached hydrogens (tertiary/aromatic N) is 3. The third kappa shape index (κ3) is 5.70. The molecule has 0 radical (unpaired) electrons. The summed E-state index contributed by atoms with van der Waals surface area (Å²) in [7, 11) is 3.76. The number of β-amino-alcohol motifs (C(OH)–C–C–N with tert-alkyl or cyclic N) is 1. The molecule has 6 heteroatoms. The number of aliphatic hydroxyl groups excluding tert-OH is 1. The van der Waals surface area contributed by atoms with E-state index in [0.29, 0.717) is 19.7 Å². The van der Waals surface area contributed by atoms with E-state index < -0.39 is 0 Å². The molecule has 1 aliphatic rings. The molecule has 1 aromatic heterocycles. The summed E-state index contributed by atoms with van der Waals surface area (Å²) < 4.78 is 12.7. The van der Waals surface area contributed by atoms with Crippen LogP contribution in [0.5, 0.6) is 0 Å². The van der Waals surface area contributed by atoms with Crippen molar-refractivity contribution in [3.05, 3.63) is 24.0 Å². The quantitative estimate of drug-likeness (QED) is 0.704. The van der Waals surface area contributed by atoms with Crippen LogP contribution >= 0.6 is 0 Å². The minimum absolute atomic E-state index is 0.352. The van der Waals surface area contributed by atoms with Crippen molar-refractivity contribution >= 4 is 0 Å². The fraction of sp³-hybridized carbons (Fsp3) is 0.750. The smallest absolute Gasteiger partial charge is 0.0793 e. The summed E-state index contributed by atoms with van der Waals surface area (Å²) in [5, 5.41) is 10.4. The second-order valence-electron chi connectivity index (χ2n) is 5.91. The van der Waals surface area contributed by atoms with Gasteiger partial charge in [-0.1, -0.05) is 0 Å². The first-order valence-electron chi connectivity index (χ1n) is 7.98. The second-order valence-corrected chi connectivity index (χ2v) is 5.91.